The second-order valence-corrected chi connectivity index (χ2v) is 9.28. The smallest absolute Gasteiger partial charge is 0.242 e. The number of benzene rings is 1. The first kappa shape index (κ1) is 18.4. The summed E-state index contributed by atoms with van der Waals surface area (Å²) in [4.78, 5) is 27.9. The van der Waals surface area contributed by atoms with Gasteiger partial charge in [-0.15, -0.1) is 11.8 Å². The minimum Gasteiger partial charge on any atom is -0.331 e. The highest BCUT2D eigenvalue weighted by atomic mass is 32.2. The molecule has 2 saturated heterocycles. The Balaban J connectivity index is 1.41. The second-order valence-electron chi connectivity index (χ2n) is 7.69. The van der Waals surface area contributed by atoms with Crippen LogP contribution in [0, 0.1) is 11.8 Å². The molecule has 2 fully saturated rings. The van der Waals surface area contributed by atoms with Crippen molar-refractivity contribution in [1.82, 2.24) is 9.21 Å². The summed E-state index contributed by atoms with van der Waals surface area (Å²) in [5.74, 6) is 2.31. The number of carbonyl (C=O) groups excluding carboxylic acids is 2. The molecule has 4 nitrogen and oxygen atoms in total. The Bertz CT molecular complexity index is 690. The molecular weight excluding hydrogens is 364 g/mol. The summed E-state index contributed by atoms with van der Waals surface area (Å²) < 4.78 is 1.80. The van der Waals surface area contributed by atoms with Gasteiger partial charge in [-0.25, -0.2) is 4.31 Å². The molecule has 0 bridgehead atoms. The van der Waals surface area contributed by atoms with Crippen molar-refractivity contribution < 1.29 is 9.59 Å². The molecule has 0 saturated carbocycles. The molecule has 1 amide bonds. The maximum atomic E-state index is 13.1. The fourth-order valence-corrected chi connectivity index (χ4v) is 5.90. The highest BCUT2D eigenvalue weighted by Gasteiger charge is 2.44. The molecule has 2 heterocycles. The van der Waals surface area contributed by atoms with Crippen molar-refractivity contribution in [3.8, 4) is 0 Å². The standard InChI is InChI=1S/C20H26N2O2S2/c23-18(12-14-5-6-15-3-1-2-4-16(15)11-14)17-7-8-22(25)19(17)20(24)21-9-10-26-13-21/h1-4,14,17,19,25H,5-13H2/t14?,17?,19-/m1/s1. The van der Waals surface area contributed by atoms with Gasteiger partial charge in [0.05, 0.1) is 5.88 Å². The molecule has 3 atom stereocenters. The van der Waals surface area contributed by atoms with Crippen LogP contribution in [-0.4, -0.2) is 51.7 Å². The molecule has 0 N–H and O–H groups in total. The number of nitrogens with zero attached hydrogens (tertiary/aromatic N) is 2. The SMILES string of the molecule is O=C(CC1CCc2ccccc2C1)C1CCN(S)[C@H]1C(=O)N1CCSC1. The van der Waals surface area contributed by atoms with E-state index >= 15 is 0 Å². The van der Waals surface area contributed by atoms with Crippen molar-refractivity contribution in [2.75, 3.05) is 24.7 Å². The zero-order valence-corrected chi connectivity index (χ0v) is 16.7. The van der Waals surface area contributed by atoms with Crippen LogP contribution in [0.15, 0.2) is 24.3 Å². The van der Waals surface area contributed by atoms with Gasteiger partial charge in [-0.1, -0.05) is 37.1 Å². The Hall–Kier alpha value is -0.980. The molecular formula is C20H26N2O2S2. The summed E-state index contributed by atoms with van der Waals surface area (Å²) in [5.41, 5.74) is 2.82. The first-order valence-corrected chi connectivity index (χ1v) is 11.1. The van der Waals surface area contributed by atoms with Crippen LogP contribution in [0.2, 0.25) is 0 Å². The van der Waals surface area contributed by atoms with Crippen molar-refractivity contribution in [2.24, 2.45) is 11.8 Å². The van der Waals surface area contributed by atoms with Crippen molar-refractivity contribution >= 4 is 36.3 Å². The first-order chi connectivity index (χ1) is 12.6. The van der Waals surface area contributed by atoms with E-state index in [0.717, 1.165) is 43.9 Å². The van der Waals surface area contributed by atoms with E-state index < -0.39 is 0 Å². The van der Waals surface area contributed by atoms with Crippen LogP contribution in [-0.2, 0) is 22.4 Å². The largest absolute Gasteiger partial charge is 0.331 e. The Morgan fingerprint density at radius 2 is 1.96 bits per heavy atom. The number of rotatable bonds is 4. The summed E-state index contributed by atoms with van der Waals surface area (Å²) >= 11 is 6.28. The highest BCUT2D eigenvalue weighted by Crippen LogP contribution is 2.34. The van der Waals surface area contributed by atoms with Gasteiger partial charge in [-0.05, 0) is 42.7 Å². The number of hydrogen-bond acceptors (Lipinski definition) is 5. The van der Waals surface area contributed by atoms with Crippen molar-refractivity contribution in [3.63, 3.8) is 0 Å². The number of fused-ring (bicyclic) bond motifs is 1. The quantitative estimate of drug-likeness (QED) is 0.803. The molecule has 0 radical (unpaired) electrons. The summed E-state index contributed by atoms with van der Waals surface area (Å²) in [6.45, 7) is 1.51. The van der Waals surface area contributed by atoms with Gasteiger partial charge in [0.2, 0.25) is 5.91 Å². The van der Waals surface area contributed by atoms with E-state index in [9.17, 15) is 9.59 Å². The zero-order valence-electron chi connectivity index (χ0n) is 15.0. The van der Waals surface area contributed by atoms with E-state index in [1.807, 2.05) is 4.90 Å². The second kappa shape index (κ2) is 7.95. The predicted octanol–water partition coefficient (Wildman–Crippen LogP) is 2.82. The van der Waals surface area contributed by atoms with E-state index in [2.05, 4.69) is 37.1 Å². The molecule has 2 aliphatic heterocycles. The molecule has 3 aliphatic rings. The number of carbonyl (C=O) groups is 2. The van der Waals surface area contributed by atoms with Crippen molar-refractivity contribution in [2.45, 2.75) is 38.1 Å². The van der Waals surface area contributed by atoms with E-state index in [-0.39, 0.29) is 23.7 Å². The summed E-state index contributed by atoms with van der Waals surface area (Å²) in [6, 6.07) is 8.19. The third-order valence-corrected chi connectivity index (χ3v) is 7.46. The number of ketones is 1. The minimum absolute atomic E-state index is 0.0924. The molecule has 0 aromatic heterocycles. The van der Waals surface area contributed by atoms with Crippen LogP contribution in [0.4, 0.5) is 0 Å². The lowest BCUT2D eigenvalue weighted by Gasteiger charge is -2.29. The number of amides is 1. The Kier molecular flexibility index (Phi) is 5.62. The summed E-state index contributed by atoms with van der Waals surface area (Å²) in [6.07, 6.45) is 4.47. The average Bonchev–Trinajstić information content (AvgIpc) is 3.31. The fraction of sp³-hybridized carbons (Fsp3) is 0.600. The zero-order chi connectivity index (χ0) is 18.1. The minimum atomic E-state index is -0.375. The van der Waals surface area contributed by atoms with Gasteiger partial charge in [0.15, 0.2) is 0 Å². The molecule has 6 heteroatoms. The number of Topliss-reactive ketones (excluding diaryl/α,β-unsaturated/α-hetero) is 1. The summed E-state index contributed by atoms with van der Waals surface area (Å²) in [5, 5.41) is 0. The lowest BCUT2D eigenvalue weighted by Crippen LogP contribution is -2.46. The van der Waals surface area contributed by atoms with Crippen molar-refractivity contribution in [1.29, 1.82) is 0 Å². The monoisotopic (exact) mass is 390 g/mol. The van der Waals surface area contributed by atoms with Crippen LogP contribution in [0.1, 0.15) is 30.4 Å². The topological polar surface area (TPSA) is 40.6 Å². The van der Waals surface area contributed by atoms with Gasteiger partial charge in [-0.2, -0.15) is 0 Å². The lowest BCUT2D eigenvalue weighted by molar-refractivity contribution is -0.137. The van der Waals surface area contributed by atoms with E-state index in [0.29, 0.717) is 18.9 Å². The van der Waals surface area contributed by atoms with Crippen LogP contribution in [0.3, 0.4) is 0 Å². The number of hydrogen-bond donors (Lipinski definition) is 1. The number of thiol groups is 1. The van der Waals surface area contributed by atoms with Crippen LogP contribution in [0.25, 0.3) is 0 Å². The highest BCUT2D eigenvalue weighted by molar-refractivity contribution is 7.99. The van der Waals surface area contributed by atoms with Crippen LogP contribution >= 0.6 is 24.6 Å². The summed E-state index contributed by atoms with van der Waals surface area (Å²) in [7, 11) is 0. The van der Waals surface area contributed by atoms with Crippen molar-refractivity contribution in [3.05, 3.63) is 35.4 Å². The molecule has 1 aliphatic carbocycles. The van der Waals surface area contributed by atoms with E-state index in [1.165, 1.54) is 11.1 Å². The van der Waals surface area contributed by atoms with Gasteiger partial charge < -0.3 is 4.90 Å². The normalized spacial score (nSPS) is 29.0. The third-order valence-electron chi connectivity index (χ3n) is 6.04. The van der Waals surface area contributed by atoms with E-state index in [1.54, 1.807) is 16.1 Å². The lowest BCUT2D eigenvalue weighted by atomic mass is 9.79. The molecule has 26 heavy (non-hydrogen) atoms. The van der Waals surface area contributed by atoms with Gasteiger partial charge in [-0.3, -0.25) is 9.59 Å². The molecule has 4 rings (SSSR count). The molecule has 1 aromatic carbocycles. The first-order valence-electron chi connectivity index (χ1n) is 9.55. The number of aryl methyl sites for hydroxylation is 1. The van der Waals surface area contributed by atoms with E-state index in [4.69, 9.17) is 0 Å². The molecule has 140 valence electrons. The number of thioether (sulfide) groups is 1. The van der Waals surface area contributed by atoms with Gasteiger partial charge >= 0.3 is 0 Å². The van der Waals surface area contributed by atoms with Gasteiger partial charge in [0.25, 0.3) is 0 Å². The van der Waals surface area contributed by atoms with Gasteiger partial charge in [0, 0.05) is 31.2 Å². The molecule has 1 aromatic rings. The maximum Gasteiger partial charge on any atom is 0.242 e. The third kappa shape index (κ3) is 3.69. The molecule has 2 unspecified atom stereocenters. The van der Waals surface area contributed by atoms with Gasteiger partial charge in [0.1, 0.15) is 11.8 Å². The predicted molar refractivity (Wildman–Crippen MR) is 108 cm³/mol. The maximum absolute atomic E-state index is 13.1. The van der Waals surface area contributed by atoms with Crippen LogP contribution < -0.4 is 0 Å². The Labute approximate surface area is 165 Å². The Morgan fingerprint density at radius 3 is 2.73 bits per heavy atom. The van der Waals surface area contributed by atoms with Crippen LogP contribution in [0.5, 0.6) is 0 Å². The fourth-order valence-electron chi connectivity index (χ4n) is 4.57. The molecule has 0 spiro atoms. The Morgan fingerprint density at radius 1 is 1.15 bits per heavy atom. The average molecular weight is 391 g/mol.